The van der Waals surface area contributed by atoms with Crippen LogP contribution in [-0.4, -0.2) is 24.1 Å². The maximum atomic E-state index is 9.08. The summed E-state index contributed by atoms with van der Waals surface area (Å²) >= 11 is 0. The van der Waals surface area contributed by atoms with E-state index in [9.17, 15) is 0 Å². The van der Waals surface area contributed by atoms with Crippen molar-refractivity contribution in [2.45, 2.75) is 27.3 Å². The Morgan fingerprint density at radius 2 is 1.59 bits per heavy atom. The predicted octanol–water partition coefficient (Wildman–Crippen LogP) is -0.0612. The Morgan fingerprint density at radius 3 is 2.06 bits per heavy atom. The summed E-state index contributed by atoms with van der Waals surface area (Å²) < 4.78 is 1.05. The number of halogens is 1. The normalized spacial score (nSPS) is 10.5. The van der Waals surface area contributed by atoms with Crippen molar-refractivity contribution in [1.82, 2.24) is 0 Å². The van der Waals surface area contributed by atoms with Gasteiger partial charge in [0.15, 0.2) is 0 Å². The van der Waals surface area contributed by atoms with Crippen molar-refractivity contribution >= 4 is 0 Å². The van der Waals surface area contributed by atoms with Crippen molar-refractivity contribution in [3.63, 3.8) is 0 Å². The molecule has 0 radical (unpaired) electrons. The fourth-order valence-electron chi connectivity index (χ4n) is 2.13. The summed E-state index contributed by atoms with van der Waals surface area (Å²) in [5, 5.41) is 9.08. The summed E-state index contributed by atoms with van der Waals surface area (Å²) in [4.78, 5) is 0. The molecule has 3 heteroatoms. The van der Waals surface area contributed by atoms with Crippen molar-refractivity contribution < 1.29 is 21.5 Å². The van der Waals surface area contributed by atoms with Gasteiger partial charge in [-0.2, -0.15) is 5.26 Å². The first kappa shape index (κ1) is 16.1. The Hall–Kier alpha value is -0.850. The van der Waals surface area contributed by atoms with Crippen LogP contribution in [0.3, 0.4) is 0 Å². The zero-order chi connectivity index (χ0) is 12.0. The third-order valence-electron chi connectivity index (χ3n) is 3.66. The largest absolute Gasteiger partial charge is 1.00 e. The highest BCUT2D eigenvalue weighted by atomic mass is 79.9. The van der Waals surface area contributed by atoms with Gasteiger partial charge in [-0.15, -0.1) is 0 Å². The molecule has 94 valence electrons. The lowest BCUT2D eigenvalue weighted by molar-refractivity contribution is -0.936. The topological polar surface area (TPSA) is 23.8 Å². The summed E-state index contributed by atoms with van der Waals surface area (Å²) in [6, 6.07) is 10.2. The fourth-order valence-corrected chi connectivity index (χ4v) is 2.13. The Labute approximate surface area is 115 Å². The molecule has 1 rings (SSSR count). The van der Waals surface area contributed by atoms with E-state index < -0.39 is 0 Å². The molecule has 0 atom stereocenters. The zero-order valence-electron chi connectivity index (χ0n) is 10.9. The zero-order valence-corrected chi connectivity index (χ0v) is 12.5. The molecule has 0 saturated heterocycles. The molecule has 0 unspecified atom stereocenters. The minimum atomic E-state index is 0. The van der Waals surface area contributed by atoms with Crippen LogP contribution in [0.1, 0.15) is 31.9 Å². The second-order valence-electron chi connectivity index (χ2n) is 4.22. The minimum Gasteiger partial charge on any atom is -1.00 e. The fraction of sp³-hybridized carbons (Fsp3) is 0.500. The molecule has 1 aromatic carbocycles. The van der Waals surface area contributed by atoms with E-state index in [1.54, 1.807) is 0 Å². The van der Waals surface area contributed by atoms with Gasteiger partial charge in [0.1, 0.15) is 6.54 Å². The molecule has 0 heterocycles. The lowest BCUT2D eigenvalue weighted by Crippen LogP contribution is -3.00. The SMILES string of the molecule is CC[N+](CC)(CC)Cc1ccccc1C#N.[Br-]. The molecule has 0 fully saturated rings. The van der Waals surface area contributed by atoms with Crippen LogP contribution >= 0.6 is 0 Å². The lowest BCUT2D eigenvalue weighted by atomic mass is 10.1. The number of nitrogens with zero attached hydrogens (tertiary/aromatic N) is 2. The van der Waals surface area contributed by atoms with E-state index in [2.05, 4.69) is 32.9 Å². The summed E-state index contributed by atoms with van der Waals surface area (Å²) in [7, 11) is 0. The number of hydrogen-bond donors (Lipinski definition) is 0. The summed E-state index contributed by atoms with van der Waals surface area (Å²) in [5.41, 5.74) is 2.00. The standard InChI is InChI=1S/C14H21N2.BrH/c1-4-16(5-2,6-3)12-14-10-8-7-9-13(14)11-15;/h7-10H,4-6,12H2,1-3H3;1H/q+1;/p-1. The highest BCUT2D eigenvalue weighted by Crippen LogP contribution is 2.17. The average Bonchev–Trinajstić information content (AvgIpc) is 2.36. The maximum Gasteiger partial charge on any atom is 0.106 e. The van der Waals surface area contributed by atoms with Gasteiger partial charge in [0.25, 0.3) is 0 Å². The lowest BCUT2D eigenvalue weighted by Gasteiger charge is -2.36. The van der Waals surface area contributed by atoms with Gasteiger partial charge in [-0.05, 0) is 26.8 Å². The molecule has 0 N–H and O–H groups in total. The molecule has 0 aromatic heterocycles. The van der Waals surface area contributed by atoms with Crippen LogP contribution in [-0.2, 0) is 6.54 Å². The first-order valence-corrected chi connectivity index (χ1v) is 6.04. The van der Waals surface area contributed by atoms with E-state index in [1.807, 2.05) is 18.2 Å². The quantitative estimate of drug-likeness (QED) is 0.699. The monoisotopic (exact) mass is 296 g/mol. The first-order chi connectivity index (χ1) is 7.71. The molecule has 0 bridgehead atoms. The van der Waals surface area contributed by atoms with Gasteiger partial charge in [0.2, 0.25) is 0 Å². The van der Waals surface area contributed by atoms with Crippen molar-refractivity contribution in [3.8, 4) is 6.07 Å². The number of benzene rings is 1. The highest BCUT2D eigenvalue weighted by molar-refractivity contribution is 5.36. The van der Waals surface area contributed by atoms with Crippen LogP contribution in [0.15, 0.2) is 24.3 Å². The van der Waals surface area contributed by atoms with Crippen LogP contribution in [0.4, 0.5) is 0 Å². The molecule has 0 amide bonds. The summed E-state index contributed by atoms with van der Waals surface area (Å²) in [6.45, 7) is 11.0. The number of nitriles is 1. The Kier molecular flexibility index (Phi) is 7.10. The molecular weight excluding hydrogens is 276 g/mol. The molecule has 0 spiro atoms. The van der Waals surface area contributed by atoms with Gasteiger partial charge in [0.05, 0.1) is 31.3 Å². The van der Waals surface area contributed by atoms with E-state index in [1.165, 1.54) is 5.56 Å². The molecule has 0 aliphatic carbocycles. The van der Waals surface area contributed by atoms with Gasteiger partial charge in [-0.3, -0.25) is 0 Å². The summed E-state index contributed by atoms with van der Waals surface area (Å²) in [5.74, 6) is 0. The average molecular weight is 297 g/mol. The van der Waals surface area contributed by atoms with Crippen LogP contribution < -0.4 is 17.0 Å². The van der Waals surface area contributed by atoms with Crippen LogP contribution in [0, 0.1) is 11.3 Å². The van der Waals surface area contributed by atoms with E-state index in [-0.39, 0.29) is 17.0 Å². The molecule has 0 aliphatic rings. The van der Waals surface area contributed by atoms with E-state index in [0.29, 0.717) is 0 Å². The summed E-state index contributed by atoms with van der Waals surface area (Å²) in [6.07, 6.45) is 0. The van der Waals surface area contributed by atoms with E-state index in [4.69, 9.17) is 5.26 Å². The van der Waals surface area contributed by atoms with Crippen molar-refractivity contribution in [2.24, 2.45) is 0 Å². The van der Waals surface area contributed by atoms with Gasteiger partial charge in [0, 0.05) is 5.56 Å². The first-order valence-electron chi connectivity index (χ1n) is 6.04. The highest BCUT2D eigenvalue weighted by Gasteiger charge is 2.22. The molecule has 0 aliphatic heterocycles. The minimum absolute atomic E-state index is 0. The predicted molar refractivity (Wildman–Crippen MR) is 66.7 cm³/mol. The van der Waals surface area contributed by atoms with Crippen LogP contribution in [0.5, 0.6) is 0 Å². The molecule has 1 aromatic rings. The Balaban J connectivity index is 0.00000256. The molecule has 2 nitrogen and oxygen atoms in total. The second-order valence-corrected chi connectivity index (χ2v) is 4.22. The molecule has 0 saturated carbocycles. The smallest absolute Gasteiger partial charge is 0.106 e. The Bertz CT molecular complexity index is 370. The molecular formula is C14H21BrN2. The third kappa shape index (κ3) is 3.83. The number of rotatable bonds is 5. The third-order valence-corrected chi connectivity index (χ3v) is 3.66. The van der Waals surface area contributed by atoms with E-state index in [0.717, 1.165) is 36.2 Å². The Morgan fingerprint density at radius 1 is 1.06 bits per heavy atom. The van der Waals surface area contributed by atoms with Crippen LogP contribution in [0.25, 0.3) is 0 Å². The van der Waals surface area contributed by atoms with Gasteiger partial charge >= 0.3 is 0 Å². The molecule has 17 heavy (non-hydrogen) atoms. The van der Waals surface area contributed by atoms with Crippen molar-refractivity contribution in [3.05, 3.63) is 35.4 Å². The number of quaternary nitrogens is 1. The van der Waals surface area contributed by atoms with Crippen LogP contribution in [0.2, 0.25) is 0 Å². The van der Waals surface area contributed by atoms with Gasteiger partial charge in [-0.25, -0.2) is 0 Å². The maximum absolute atomic E-state index is 9.08. The number of hydrogen-bond acceptors (Lipinski definition) is 1. The van der Waals surface area contributed by atoms with Gasteiger partial charge < -0.3 is 21.5 Å². The van der Waals surface area contributed by atoms with Gasteiger partial charge in [-0.1, -0.05) is 18.2 Å². The van der Waals surface area contributed by atoms with E-state index >= 15 is 0 Å². The van der Waals surface area contributed by atoms with Crippen molar-refractivity contribution in [1.29, 1.82) is 5.26 Å². The van der Waals surface area contributed by atoms with Crippen molar-refractivity contribution in [2.75, 3.05) is 19.6 Å². The second kappa shape index (κ2) is 7.47.